The number of fused-ring (bicyclic) bond motifs is 1. The van der Waals surface area contributed by atoms with E-state index in [1.54, 1.807) is 12.3 Å². The largest absolute Gasteiger partial charge is 0.369 e. The minimum Gasteiger partial charge on any atom is -0.369 e. The van der Waals surface area contributed by atoms with Gasteiger partial charge in [-0.1, -0.05) is 23.2 Å². The number of hydrogen-bond donors (Lipinski definition) is 1. The van der Waals surface area contributed by atoms with Crippen LogP contribution in [-0.2, 0) is 27.3 Å². The maximum atomic E-state index is 12.1. The van der Waals surface area contributed by atoms with E-state index in [-0.39, 0.29) is 42.9 Å². The zero-order valence-electron chi connectivity index (χ0n) is 19.0. The summed E-state index contributed by atoms with van der Waals surface area (Å²) in [5.41, 5.74) is 3.46. The quantitative estimate of drug-likeness (QED) is 0.469. The Morgan fingerprint density at radius 3 is 2.68 bits per heavy atom. The van der Waals surface area contributed by atoms with E-state index >= 15 is 0 Å². The lowest BCUT2D eigenvalue weighted by molar-refractivity contribution is -0.138. The molecule has 0 aliphatic carbocycles. The normalized spacial score (nSPS) is 20.5. The van der Waals surface area contributed by atoms with Gasteiger partial charge in [-0.3, -0.25) is 19.5 Å². The summed E-state index contributed by atoms with van der Waals surface area (Å²) in [6.45, 7) is 5.97. The Bertz CT molecular complexity index is 1270. The topological polar surface area (TPSA) is 71.5 Å². The van der Waals surface area contributed by atoms with Crippen LogP contribution in [0.4, 0.5) is 0 Å². The number of morpholine rings is 1. The maximum absolute atomic E-state index is 12.1. The minimum absolute atomic E-state index is 0.0235. The highest BCUT2D eigenvalue weighted by molar-refractivity contribution is 7.19. The third-order valence-electron chi connectivity index (χ3n) is 6.22. The molecule has 0 saturated carbocycles. The van der Waals surface area contributed by atoms with E-state index < -0.39 is 0 Å². The van der Waals surface area contributed by atoms with E-state index in [4.69, 9.17) is 27.9 Å². The van der Waals surface area contributed by atoms with Gasteiger partial charge in [0.15, 0.2) is 0 Å². The number of likely N-dealkylation sites (tertiary alicyclic amines) is 1. The Hall–Kier alpha value is -2.03. The molecule has 34 heavy (non-hydrogen) atoms. The molecular weight excluding hydrogens is 493 g/mol. The number of aromatic nitrogens is 1. The van der Waals surface area contributed by atoms with E-state index in [1.165, 1.54) is 16.2 Å². The van der Waals surface area contributed by atoms with Crippen molar-refractivity contribution in [3.63, 3.8) is 0 Å². The molecule has 3 aromatic rings. The average molecular weight is 518 g/mol. The predicted molar refractivity (Wildman–Crippen MR) is 135 cm³/mol. The number of nitrogens with one attached hydrogen (secondary N) is 1. The fourth-order valence-corrected chi connectivity index (χ4v) is 6.40. The first kappa shape index (κ1) is 23.7. The summed E-state index contributed by atoms with van der Waals surface area (Å²) in [5, 5.41) is 4.61. The SMILES string of the molecule is CC1(C)CNC[C@H](Cc2c(Cl)cc(Cl)cc2-c2ccnc3cc(CN4C(=O)CCC4=O)sc23)O1. The molecule has 4 heterocycles. The van der Waals surface area contributed by atoms with Gasteiger partial charge in [-0.25, -0.2) is 0 Å². The van der Waals surface area contributed by atoms with Gasteiger partial charge in [-0.05, 0) is 49.2 Å². The molecule has 2 saturated heterocycles. The number of carbonyl (C=O) groups is 2. The molecule has 2 fully saturated rings. The first-order valence-electron chi connectivity index (χ1n) is 11.3. The Balaban J connectivity index is 1.53. The van der Waals surface area contributed by atoms with Crippen LogP contribution in [0.3, 0.4) is 0 Å². The smallest absolute Gasteiger partial charge is 0.230 e. The summed E-state index contributed by atoms with van der Waals surface area (Å²) in [4.78, 5) is 31.0. The van der Waals surface area contributed by atoms with Crippen molar-refractivity contribution in [2.24, 2.45) is 0 Å². The van der Waals surface area contributed by atoms with Crippen LogP contribution in [0.15, 0.2) is 30.5 Å². The number of rotatable bonds is 5. The summed E-state index contributed by atoms with van der Waals surface area (Å²) in [5.74, 6) is -0.243. The molecule has 2 aliphatic rings. The summed E-state index contributed by atoms with van der Waals surface area (Å²) in [6, 6.07) is 7.62. The van der Waals surface area contributed by atoms with E-state index in [0.717, 1.165) is 44.9 Å². The van der Waals surface area contributed by atoms with E-state index in [2.05, 4.69) is 24.1 Å². The van der Waals surface area contributed by atoms with Crippen molar-refractivity contribution in [3.8, 4) is 11.1 Å². The van der Waals surface area contributed by atoms with Gasteiger partial charge in [0.05, 0.1) is 28.5 Å². The Kier molecular flexibility index (Phi) is 6.42. The molecule has 2 amide bonds. The lowest BCUT2D eigenvalue weighted by Gasteiger charge is -2.37. The molecule has 0 bridgehead atoms. The van der Waals surface area contributed by atoms with Crippen molar-refractivity contribution in [1.29, 1.82) is 0 Å². The van der Waals surface area contributed by atoms with Crippen LogP contribution in [0.2, 0.25) is 10.0 Å². The van der Waals surface area contributed by atoms with Gasteiger partial charge in [-0.15, -0.1) is 11.3 Å². The Morgan fingerprint density at radius 1 is 1.18 bits per heavy atom. The lowest BCUT2D eigenvalue weighted by atomic mass is 9.94. The van der Waals surface area contributed by atoms with Gasteiger partial charge < -0.3 is 10.1 Å². The number of halogens is 2. The Morgan fingerprint density at radius 2 is 1.94 bits per heavy atom. The molecule has 5 rings (SSSR count). The molecular formula is C25H25Cl2N3O3S. The lowest BCUT2D eigenvalue weighted by Crippen LogP contribution is -2.51. The molecule has 178 valence electrons. The number of ether oxygens (including phenoxy) is 1. The highest BCUT2D eigenvalue weighted by Gasteiger charge is 2.31. The Labute approximate surface area is 212 Å². The van der Waals surface area contributed by atoms with Crippen LogP contribution in [0.25, 0.3) is 21.3 Å². The van der Waals surface area contributed by atoms with Crippen molar-refractivity contribution in [3.05, 3.63) is 50.9 Å². The van der Waals surface area contributed by atoms with Gasteiger partial charge in [0, 0.05) is 59.0 Å². The van der Waals surface area contributed by atoms with E-state index in [1.807, 2.05) is 18.2 Å². The third-order valence-corrected chi connectivity index (χ3v) is 7.92. The summed E-state index contributed by atoms with van der Waals surface area (Å²) in [7, 11) is 0. The van der Waals surface area contributed by atoms with Crippen LogP contribution < -0.4 is 5.32 Å². The van der Waals surface area contributed by atoms with Crippen molar-refractivity contribution in [2.75, 3.05) is 13.1 Å². The second kappa shape index (κ2) is 9.21. The van der Waals surface area contributed by atoms with E-state index in [0.29, 0.717) is 16.5 Å². The van der Waals surface area contributed by atoms with Crippen LogP contribution in [0, 0.1) is 0 Å². The summed E-state index contributed by atoms with van der Waals surface area (Å²) >= 11 is 14.7. The van der Waals surface area contributed by atoms with Crippen molar-refractivity contribution >= 4 is 56.6 Å². The molecule has 0 radical (unpaired) electrons. The number of hydrogen-bond acceptors (Lipinski definition) is 6. The number of thiophene rings is 1. The molecule has 2 aliphatic heterocycles. The highest BCUT2D eigenvalue weighted by atomic mass is 35.5. The summed E-state index contributed by atoms with van der Waals surface area (Å²) in [6.07, 6.45) is 2.95. The van der Waals surface area contributed by atoms with Crippen LogP contribution >= 0.6 is 34.5 Å². The fourth-order valence-electron chi connectivity index (χ4n) is 4.69. The molecule has 9 heteroatoms. The second-order valence-electron chi connectivity index (χ2n) is 9.41. The third kappa shape index (κ3) is 4.72. The number of benzene rings is 1. The monoisotopic (exact) mass is 517 g/mol. The van der Waals surface area contributed by atoms with Gasteiger partial charge in [0.25, 0.3) is 0 Å². The van der Waals surface area contributed by atoms with Crippen LogP contribution in [-0.4, -0.2) is 46.5 Å². The van der Waals surface area contributed by atoms with Crippen LogP contribution in [0.5, 0.6) is 0 Å². The molecule has 1 aromatic carbocycles. The van der Waals surface area contributed by atoms with Gasteiger partial charge >= 0.3 is 0 Å². The van der Waals surface area contributed by atoms with Gasteiger partial charge in [0.1, 0.15) is 0 Å². The number of amides is 2. The number of pyridine rings is 1. The first-order valence-corrected chi connectivity index (χ1v) is 12.8. The molecule has 1 atom stereocenters. The standard InChI is InChI=1S/C25H25Cl2N3O3S/c1-25(2)13-28-11-15(33-25)9-19-18(7-14(26)8-20(19)27)17-5-6-29-21-10-16(34-24(17)21)12-30-22(31)3-4-23(30)32/h5-8,10,15,28H,3-4,9,11-13H2,1-2H3/t15-/m0/s1. The molecule has 6 nitrogen and oxygen atoms in total. The molecule has 2 aromatic heterocycles. The molecule has 0 spiro atoms. The highest BCUT2D eigenvalue weighted by Crippen LogP contribution is 2.40. The average Bonchev–Trinajstić information content (AvgIpc) is 3.32. The molecule has 1 N–H and O–H groups in total. The first-order chi connectivity index (χ1) is 16.2. The number of imide groups is 1. The fraction of sp³-hybridized carbons (Fsp3) is 0.400. The van der Waals surface area contributed by atoms with Crippen molar-refractivity contribution < 1.29 is 14.3 Å². The second-order valence-corrected chi connectivity index (χ2v) is 11.4. The molecule has 0 unspecified atom stereocenters. The van der Waals surface area contributed by atoms with Gasteiger partial charge in [-0.2, -0.15) is 0 Å². The van der Waals surface area contributed by atoms with Crippen LogP contribution in [0.1, 0.15) is 37.1 Å². The zero-order chi connectivity index (χ0) is 24.0. The van der Waals surface area contributed by atoms with E-state index in [9.17, 15) is 9.59 Å². The predicted octanol–water partition coefficient (Wildman–Crippen LogP) is 5.23. The minimum atomic E-state index is -0.251. The maximum Gasteiger partial charge on any atom is 0.230 e. The number of carbonyl (C=O) groups excluding carboxylic acids is 2. The van der Waals surface area contributed by atoms with Gasteiger partial charge in [0.2, 0.25) is 11.8 Å². The van der Waals surface area contributed by atoms with Crippen molar-refractivity contribution in [2.45, 2.75) is 51.4 Å². The van der Waals surface area contributed by atoms with Crippen molar-refractivity contribution in [1.82, 2.24) is 15.2 Å². The zero-order valence-corrected chi connectivity index (χ0v) is 21.3. The summed E-state index contributed by atoms with van der Waals surface area (Å²) < 4.78 is 7.28. The number of nitrogens with zero attached hydrogens (tertiary/aromatic N) is 2.